The van der Waals surface area contributed by atoms with Gasteiger partial charge in [-0.05, 0) is 62.1 Å². The largest absolute Gasteiger partial charge is 0.460 e. The highest BCUT2D eigenvalue weighted by molar-refractivity contribution is 7.15. The van der Waals surface area contributed by atoms with Crippen molar-refractivity contribution in [2.75, 3.05) is 6.54 Å². The van der Waals surface area contributed by atoms with Crippen molar-refractivity contribution in [2.45, 2.75) is 44.6 Å². The fourth-order valence-corrected chi connectivity index (χ4v) is 6.08. The summed E-state index contributed by atoms with van der Waals surface area (Å²) in [4.78, 5) is 33.0. The molecule has 0 radical (unpaired) electrons. The van der Waals surface area contributed by atoms with E-state index in [1.165, 1.54) is 29.9 Å². The highest BCUT2D eigenvalue weighted by atomic mass is 32.1. The second-order valence-electron chi connectivity index (χ2n) is 9.22. The summed E-state index contributed by atoms with van der Waals surface area (Å²) in [7, 11) is 0. The van der Waals surface area contributed by atoms with Crippen LogP contribution in [0.15, 0.2) is 45.6 Å². The molecule has 1 aliphatic heterocycles. The molecule has 2 aliphatic rings. The van der Waals surface area contributed by atoms with Crippen molar-refractivity contribution in [3.05, 3.63) is 75.5 Å². The summed E-state index contributed by atoms with van der Waals surface area (Å²) < 4.78 is 25.8. The third-order valence-electron chi connectivity index (χ3n) is 6.78. The molecule has 4 aromatic rings. The molecule has 1 saturated heterocycles. The first-order valence-corrected chi connectivity index (χ1v) is 12.9. The van der Waals surface area contributed by atoms with Crippen molar-refractivity contribution >= 4 is 35.2 Å². The van der Waals surface area contributed by atoms with E-state index in [9.17, 15) is 14.0 Å². The van der Waals surface area contributed by atoms with Crippen LogP contribution in [0.5, 0.6) is 0 Å². The number of furan rings is 1. The van der Waals surface area contributed by atoms with Crippen LogP contribution in [-0.4, -0.2) is 44.4 Å². The van der Waals surface area contributed by atoms with Gasteiger partial charge in [0.15, 0.2) is 5.78 Å². The highest BCUT2D eigenvalue weighted by Gasteiger charge is 2.40. The van der Waals surface area contributed by atoms with E-state index in [2.05, 4.69) is 15.2 Å². The number of aromatic nitrogens is 3. The normalized spacial score (nSPS) is 18.2. The predicted octanol–water partition coefficient (Wildman–Crippen LogP) is 3.59. The number of ketones is 1. The smallest absolute Gasteiger partial charge is 0.274 e. The lowest BCUT2D eigenvalue weighted by molar-refractivity contribution is -0.112. The summed E-state index contributed by atoms with van der Waals surface area (Å²) >= 11 is 1.37. The number of nitrogens with zero attached hydrogens (tertiary/aromatic N) is 4. The summed E-state index contributed by atoms with van der Waals surface area (Å²) in [5.74, 6) is -0.229. The van der Waals surface area contributed by atoms with E-state index in [0.717, 1.165) is 17.8 Å². The summed E-state index contributed by atoms with van der Waals surface area (Å²) in [5.41, 5.74) is 1.54. The zero-order chi connectivity index (χ0) is 25.5. The van der Waals surface area contributed by atoms with E-state index in [-0.39, 0.29) is 30.0 Å². The lowest BCUT2D eigenvalue weighted by Gasteiger charge is -2.38. The Kier molecular flexibility index (Phi) is 6.03. The number of aryl methyl sites for hydroxylation is 1. The maximum atomic E-state index is 14.1. The number of carbonyl (C=O) groups is 2. The van der Waals surface area contributed by atoms with Gasteiger partial charge in [-0.25, -0.2) is 9.37 Å². The Morgan fingerprint density at radius 3 is 2.97 bits per heavy atom. The highest BCUT2D eigenvalue weighted by Crippen LogP contribution is 2.37. The first-order valence-electron chi connectivity index (χ1n) is 12.1. The summed E-state index contributed by atoms with van der Waals surface area (Å²) in [5, 5.41) is 9.47. The van der Waals surface area contributed by atoms with Crippen molar-refractivity contribution in [3.8, 4) is 10.4 Å². The molecule has 2 unspecified atom stereocenters. The van der Waals surface area contributed by atoms with Crippen molar-refractivity contribution in [2.24, 2.45) is 0 Å². The van der Waals surface area contributed by atoms with Gasteiger partial charge >= 0.3 is 0 Å². The minimum absolute atomic E-state index is 0.00689. The van der Waals surface area contributed by atoms with Gasteiger partial charge in [-0.2, -0.15) is 0 Å². The number of halogens is 1. The van der Waals surface area contributed by atoms with E-state index in [4.69, 9.17) is 8.83 Å². The molecule has 3 aromatic heterocycles. The van der Waals surface area contributed by atoms with E-state index in [0.29, 0.717) is 51.4 Å². The Morgan fingerprint density at radius 1 is 1.27 bits per heavy atom. The number of thiazole rings is 1. The van der Waals surface area contributed by atoms with Gasteiger partial charge in [-0.1, -0.05) is 12.1 Å². The lowest BCUT2D eigenvalue weighted by atomic mass is 9.87. The first-order chi connectivity index (χ1) is 18.0. The van der Waals surface area contributed by atoms with Crippen molar-refractivity contribution in [1.82, 2.24) is 20.1 Å². The molecular weight excluding hydrogens is 495 g/mol. The van der Waals surface area contributed by atoms with E-state index in [1.807, 2.05) is 13.0 Å². The summed E-state index contributed by atoms with van der Waals surface area (Å²) in [6, 6.07) is 7.68. The van der Waals surface area contributed by atoms with Crippen molar-refractivity contribution in [1.29, 1.82) is 0 Å². The maximum absolute atomic E-state index is 14.1. The van der Waals surface area contributed by atoms with Gasteiger partial charge in [0.2, 0.25) is 12.3 Å². The molecule has 8 nitrogen and oxygen atoms in total. The van der Waals surface area contributed by atoms with Crippen LogP contribution in [0.4, 0.5) is 4.39 Å². The number of likely N-dealkylation sites (tertiary alicyclic amines) is 1. The van der Waals surface area contributed by atoms with Crippen LogP contribution in [0.25, 0.3) is 22.6 Å². The number of fused-ring (bicyclic) bond motifs is 1. The average Bonchev–Trinajstić information content (AvgIpc) is 3.64. The predicted molar refractivity (Wildman–Crippen MR) is 134 cm³/mol. The molecule has 6 rings (SSSR count). The van der Waals surface area contributed by atoms with E-state index < -0.39 is 5.92 Å². The molecule has 2 atom stereocenters. The topological polar surface area (TPSA) is 102 Å². The van der Waals surface area contributed by atoms with Crippen LogP contribution in [0.2, 0.25) is 0 Å². The van der Waals surface area contributed by atoms with Gasteiger partial charge in [0.25, 0.3) is 5.91 Å². The zero-order valence-corrected chi connectivity index (χ0v) is 20.8. The molecule has 1 aliphatic carbocycles. The van der Waals surface area contributed by atoms with Crippen LogP contribution in [0.3, 0.4) is 0 Å². The Labute approximate surface area is 215 Å². The Hall–Kier alpha value is -3.92. The number of hydrogen-bond donors (Lipinski definition) is 0. The minimum Gasteiger partial charge on any atom is -0.460 e. The maximum Gasteiger partial charge on any atom is 0.274 e. The van der Waals surface area contributed by atoms with Gasteiger partial charge in [0, 0.05) is 18.2 Å². The van der Waals surface area contributed by atoms with Crippen molar-refractivity contribution < 1.29 is 22.8 Å². The minimum atomic E-state index is -0.522. The Balaban J connectivity index is 1.43. The van der Waals surface area contributed by atoms with Crippen LogP contribution in [-0.2, 0) is 4.79 Å². The number of Topliss-reactive ketones (excluding diaryl/α,β-unsaturated/α-hetero) is 1. The van der Waals surface area contributed by atoms with Crippen molar-refractivity contribution in [3.63, 3.8) is 0 Å². The van der Waals surface area contributed by atoms with Crippen LogP contribution >= 0.6 is 11.3 Å². The third-order valence-corrected chi connectivity index (χ3v) is 7.80. The Bertz CT molecular complexity index is 1610. The number of hydrogen-bond acceptors (Lipinski definition) is 8. The molecule has 1 aromatic carbocycles. The van der Waals surface area contributed by atoms with Crippen LogP contribution in [0.1, 0.15) is 58.7 Å². The molecular formula is C27H23FN4O4S. The first kappa shape index (κ1) is 23.5. The number of piperidine rings is 1. The van der Waals surface area contributed by atoms with Gasteiger partial charge in [0.05, 0.1) is 15.9 Å². The molecule has 0 saturated carbocycles. The monoisotopic (exact) mass is 518 g/mol. The quantitative estimate of drug-likeness (QED) is 0.398. The second kappa shape index (κ2) is 9.51. The average molecular weight is 519 g/mol. The number of carbonyl (C=O) groups excluding carboxylic acids is 2. The molecule has 188 valence electrons. The lowest BCUT2D eigenvalue weighted by Crippen LogP contribution is -2.47. The SMILES string of the molecule is Cc1nc(C(=O)N2CCCCC2C(c2cc3c(o2)=CCC(=O)C=3)c2nnco2)c(-c2cccc(F)c2)s1. The second-order valence-corrected chi connectivity index (χ2v) is 10.4. The van der Waals surface area contributed by atoms with Gasteiger partial charge < -0.3 is 13.7 Å². The fraction of sp³-hybridized carbons (Fsp3) is 0.296. The Morgan fingerprint density at radius 2 is 2.16 bits per heavy atom. The van der Waals surface area contributed by atoms with Crippen LogP contribution < -0.4 is 10.6 Å². The fourth-order valence-electron chi connectivity index (χ4n) is 5.17. The van der Waals surface area contributed by atoms with E-state index >= 15 is 0 Å². The molecule has 37 heavy (non-hydrogen) atoms. The van der Waals surface area contributed by atoms with Gasteiger partial charge in [-0.3, -0.25) is 9.59 Å². The van der Waals surface area contributed by atoms with Crippen LogP contribution in [0, 0.1) is 12.7 Å². The zero-order valence-electron chi connectivity index (χ0n) is 20.0. The molecule has 1 fully saturated rings. The summed E-state index contributed by atoms with van der Waals surface area (Å²) in [6.45, 7) is 2.35. The third kappa shape index (κ3) is 4.42. The number of benzene rings is 1. The molecule has 10 heteroatoms. The summed E-state index contributed by atoms with van der Waals surface area (Å²) in [6.07, 6.45) is 7.30. The number of amides is 1. The number of rotatable bonds is 5. The standard InChI is InChI=1S/C27H23FN4O4S/c1-15-30-24(25(37-15)16-5-4-6-18(28)11-16)27(34)32-10-3-2-7-20(32)23(26-31-29-14-35-26)22-13-17-12-19(33)8-9-21(17)36-22/h4-6,9,11-14,20,23H,2-3,7-8,10H2,1H3. The van der Waals surface area contributed by atoms with E-state index in [1.54, 1.807) is 29.2 Å². The molecule has 0 N–H and O–H groups in total. The van der Waals surface area contributed by atoms with Gasteiger partial charge in [-0.15, -0.1) is 21.5 Å². The molecule has 0 bridgehead atoms. The molecule has 4 heterocycles. The van der Waals surface area contributed by atoms with Gasteiger partial charge in [0.1, 0.15) is 28.6 Å². The molecule has 0 spiro atoms. The molecule has 1 amide bonds.